The number of halogens is 1. The third-order valence-corrected chi connectivity index (χ3v) is 1.02. The van der Waals surface area contributed by atoms with E-state index in [1.807, 2.05) is 12.1 Å². The Kier molecular flexibility index (Phi) is 2.40. The molecule has 0 aliphatic carbocycles. The molecular weight excluding hydrogens is 136 g/mol. The van der Waals surface area contributed by atoms with Gasteiger partial charge in [0.25, 0.3) is 0 Å². The van der Waals surface area contributed by atoms with Crippen molar-refractivity contribution in [2.45, 2.75) is 0 Å². The number of alkyl halides is 1. The van der Waals surface area contributed by atoms with Gasteiger partial charge in [-0.2, -0.15) is 0 Å². The summed E-state index contributed by atoms with van der Waals surface area (Å²) in [5.41, 5.74) is 0. The molecule has 1 aromatic rings. The first-order valence-corrected chi connectivity index (χ1v) is 3.12. The van der Waals surface area contributed by atoms with Crippen molar-refractivity contribution in [3.63, 3.8) is 0 Å². The zero-order valence-corrected chi connectivity index (χ0v) is 5.56. The maximum atomic E-state index is 5.30. The molecule has 47 valence electrons. The number of ether oxygens (including phenoxy) is 1. The average molecular weight is 142 g/mol. The quantitative estimate of drug-likeness (QED) is 0.573. The first-order chi connectivity index (χ1) is 4.43. The van der Waals surface area contributed by atoms with Gasteiger partial charge in [0.2, 0.25) is 0 Å². The highest BCUT2D eigenvalue weighted by Crippen LogP contribution is 2.07. The van der Waals surface area contributed by atoms with Gasteiger partial charge in [0.1, 0.15) is 5.75 Å². The minimum Gasteiger partial charge on any atom is -0.478 e. The molecule has 0 saturated heterocycles. The lowest BCUT2D eigenvalue weighted by molar-refractivity contribution is 0.388. The Labute approximate surface area is 59.2 Å². The van der Waals surface area contributed by atoms with Crippen molar-refractivity contribution in [2.24, 2.45) is 0 Å². The largest absolute Gasteiger partial charge is 0.478 e. The fourth-order valence-corrected chi connectivity index (χ4v) is 0.657. The van der Waals surface area contributed by atoms with E-state index in [1.54, 1.807) is 12.1 Å². The Hall–Kier alpha value is -0.690. The third-order valence-electron chi connectivity index (χ3n) is 0.909. The maximum absolute atomic E-state index is 5.30. The van der Waals surface area contributed by atoms with Crippen LogP contribution in [0.25, 0.3) is 0 Å². The van der Waals surface area contributed by atoms with E-state index in [4.69, 9.17) is 16.3 Å². The minimum absolute atomic E-state index is 0.198. The SMILES string of the molecule is ClCOc1cc[c]cc1. The van der Waals surface area contributed by atoms with E-state index in [0.29, 0.717) is 0 Å². The van der Waals surface area contributed by atoms with Gasteiger partial charge >= 0.3 is 0 Å². The Balaban J connectivity index is 2.61. The zero-order chi connectivity index (χ0) is 6.53. The molecule has 0 unspecified atom stereocenters. The van der Waals surface area contributed by atoms with E-state index in [-0.39, 0.29) is 6.07 Å². The van der Waals surface area contributed by atoms with Crippen LogP contribution in [0.5, 0.6) is 5.75 Å². The van der Waals surface area contributed by atoms with Crippen molar-refractivity contribution in [1.82, 2.24) is 0 Å². The van der Waals surface area contributed by atoms with Crippen LogP contribution in [0.4, 0.5) is 0 Å². The van der Waals surface area contributed by atoms with Crippen molar-refractivity contribution in [3.8, 4) is 5.75 Å². The van der Waals surface area contributed by atoms with Crippen molar-refractivity contribution in [2.75, 3.05) is 6.07 Å². The Bertz CT molecular complexity index is 162. The zero-order valence-electron chi connectivity index (χ0n) is 4.80. The molecule has 0 fully saturated rings. The molecule has 1 radical (unpaired) electrons. The van der Waals surface area contributed by atoms with Gasteiger partial charge < -0.3 is 4.74 Å². The van der Waals surface area contributed by atoms with Crippen molar-refractivity contribution >= 4 is 11.6 Å². The second-order valence-corrected chi connectivity index (χ2v) is 1.71. The van der Waals surface area contributed by atoms with Gasteiger partial charge in [-0.15, -0.1) is 0 Å². The van der Waals surface area contributed by atoms with Crippen LogP contribution in [0.2, 0.25) is 0 Å². The summed E-state index contributed by atoms with van der Waals surface area (Å²) in [6, 6.07) is 10.2. The lowest BCUT2D eigenvalue weighted by atomic mass is 10.3. The molecule has 0 saturated carbocycles. The number of hydrogen-bond acceptors (Lipinski definition) is 1. The highest BCUT2D eigenvalue weighted by Gasteiger charge is 1.85. The Morgan fingerprint density at radius 1 is 1.44 bits per heavy atom. The Morgan fingerprint density at radius 2 is 2.11 bits per heavy atom. The van der Waals surface area contributed by atoms with Crippen LogP contribution >= 0.6 is 11.6 Å². The molecule has 0 spiro atoms. The standard InChI is InChI=1S/C7H6ClO/c8-6-9-7-4-2-1-3-5-7/h2-5H,6H2. The van der Waals surface area contributed by atoms with Crippen LogP contribution in [-0.2, 0) is 0 Å². The summed E-state index contributed by atoms with van der Waals surface area (Å²) in [4.78, 5) is 0. The van der Waals surface area contributed by atoms with Crippen LogP contribution < -0.4 is 4.74 Å². The third kappa shape index (κ3) is 1.94. The van der Waals surface area contributed by atoms with E-state index in [9.17, 15) is 0 Å². The Morgan fingerprint density at radius 3 is 2.67 bits per heavy atom. The van der Waals surface area contributed by atoms with Gasteiger partial charge in [-0.25, -0.2) is 0 Å². The fourth-order valence-electron chi connectivity index (χ4n) is 0.531. The monoisotopic (exact) mass is 141 g/mol. The van der Waals surface area contributed by atoms with E-state index < -0.39 is 0 Å². The molecule has 1 aromatic carbocycles. The van der Waals surface area contributed by atoms with Crippen molar-refractivity contribution in [1.29, 1.82) is 0 Å². The van der Waals surface area contributed by atoms with Crippen LogP contribution in [-0.4, -0.2) is 6.07 Å². The molecule has 0 heterocycles. The molecule has 0 aromatic heterocycles. The highest BCUT2D eigenvalue weighted by molar-refractivity contribution is 6.17. The van der Waals surface area contributed by atoms with E-state index in [1.165, 1.54) is 0 Å². The average Bonchev–Trinajstić information content (AvgIpc) is 1.91. The van der Waals surface area contributed by atoms with E-state index in [2.05, 4.69) is 6.07 Å². The summed E-state index contributed by atoms with van der Waals surface area (Å²) in [6.45, 7) is 0. The summed E-state index contributed by atoms with van der Waals surface area (Å²) in [5, 5.41) is 0. The van der Waals surface area contributed by atoms with Gasteiger partial charge in [-0.3, -0.25) is 0 Å². The van der Waals surface area contributed by atoms with Crippen LogP contribution in [0, 0.1) is 6.07 Å². The first kappa shape index (κ1) is 6.43. The predicted octanol–water partition coefficient (Wildman–Crippen LogP) is 2.06. The summed E-state index contributed by atoms with van der Waals surface area (Å²) < 4.78 is 4.95. The molecule has 0 N–H and O–H groups in total. The van der Waals surface area contributed by atoms with Gasteiger partial charge in [0.15, 0.2) is 6.07 Å². The molecule has 0 atom stereocenters. The smallest absolute Gasteiger partial charge is 0.162 e. The molecule has 1 nitrogen and oxygen atoms in total. The maximum Gasteiger partial charge on any atom is 0.162 e. The topological polar surface area (TPSA) is 9.23 Å². The van der Waals surface area contributed by atoms with Crippen LogP contribution in [0.3, 0.4) is 0 Å². The second kappa shape index (κ2) is 3.36. The fraction of sp³-hybridized carbons (Fsp3) is 0.143. The summed E-state index contributed by atoms with van der Waals surface area (Å²) in [5.74, 6) is 0.781. The first-order valence-electron chi connectivity index (χ1n) is 2.58. The summed E-state index contributed by atoms with van der Waals surface area (Å²) >= 11 is 5.30. The summed E-state index contributed by atoms with van der Waals surface area (Å²) in [6.07, 6.45) is 0. The predicted molar refractivity (Wildman–Crippen MR) is 36.6 cm³/mol. The van der Waals surface area contributed by atoms with Gasteiger partial charge in [-0.05, 0) is 18.2 Å². The molecule has 1 rings (SSSR count). The second-order valence-electron chi connectivity index (χ2n) is 1.49. The van der Waals surface area contributed by atoms with Crippen LogP contribution in [0.15, 0.2) is 24.3 Å². The highest BCUT2D eigenvalue weighted by atomic mass is 35.5. The molecule has 2 heteroatoms. The number of benzene rings is 1. The lowest BCUT2D eigenvalue weighted by Gasteiger charge is -1.97. The van der Waals surface area contributed by atoms with Gasteiger partial charge in [0.05, 0.1) is 0 Å². The van der Waals surface area contributed by atoms with E-state index in [0.717, 1.165) is 5.75 Å². The summed E-state index contributed by atoms with van der Waals surface area (Å²) in [7, 11) is 0. The van der Waals surface area contributed by atoms with Crippen LogP contribution in [0.1, 0.15) is 0 Å². The molecule has 0 bridgehead atoms. The normalized spacial score (nSPS) is 9.00. The van der Waals surface area contributed by atoms with Crippen molar-refractivity contribution in [3.05, 3.63) is 30.3 Å². The van der Waals surface area contributed by atoms with Gasteiger partial charge in [0, 0.05) is 0 Å². The molecule has 9 heavy (non-hydrogen) atoms. The number of hydrogen-bond donors (Lipinski definition) is 0. The lowest BCUT2D eigenvalue weighted by Crippen LogP contribution is -1.86. The van der Waals surface area contributed by atoms with Crippen molar-refractivity contribution < 1.29 is 4.74 Å². The number of rotatable bonds is 2. The van der Waals surface area contributed by atoms with E-state index >= 15 is 0 Å². The van der Waals surface area contributed by atoms with Gasteiger partial charge in [-0.1, -0.05) is 23.7 Å². The minimum atomic E-state index is 0.198. The molecule has 0 amide bonds. The molecule has 0 aliphatic heterocycles. The molecular formula is C7H6ClO. The molecule has 0 aliphatic rings.